The second-order valence-corrected chi connectivity index (χ2v) is 2.08. The van der Waals surface area contributed by atoms with Crippen molar-refractivity contribution in [1.29, 1.82) is 0 Å². The first kappa shape index (κ1) is 10.2. The largest absolute Gasteiger partial charge is 0.447 e. The Morgan fingerprint density at radius 1 is 1.00 bits per heavy atom. The smallest absolute Gasteiger partial charge is 0.241 e. The van der Waals surface area contributed by atoms with Crippen molar-refractivity contribution in [2.24, 2.45) is 4.99 Å². The highest BCUT2D eigenvalue weighted by Crippen LogP contribution is 2.45. The molecule has 0 aliphatic carbocycles. The van der Waals surface area contributed by atoms with Gasteiger partial charge in [-0.25, -0.2) is 4.74 Å². The quantitative estimate of drug-likeness (QED) is 0.444. The Balaban J connectivity index is 3.16. The van der Waals surface area contributed by atoms with Crippen LogP contribution in [0.15, 0.2) is 4.99 Å². The molecule has 76 valence electrons. The van der Waals surface area contributed by atoms with Gasteiger partial charge in [0.1, 0.15) is 0 Å². The van der Waals surface area contributed by atoms with Crippen LogP contribution in [-0.2, 0) is 4.74 Å². The lowest BCUT2D eigenvalue weighted by molar-refractivity contribution is -0.421. The Hall–Kier alpha value is -0.860. The van der Waals surface area contributed by atoms with Gasteiger partial charge in [-0.2, -0.15) is 35.7 Å². The summed E-state index contributed by atoms with van der Waals surface area (Å²) in [7, 11) is 0. The van der Waals surface area contributed by atoms with Crippen molar-refractivity contribution in [3.63, 3.8) is 0 Å². The highest BCUT2D eigenvalue weighted by atomic mass is 19.3. The van der Waals surface area contributed by atoms with Gasteiger partial charge in [0.15, 0.2) is 0 Å². The molecule has 0 N–H and O–H groups in total. The first-order chi connectivity index (χ1) is 5.58. The van der Waals surface area contributed by atoms with Gasteiger partial charge >= 0.3 is 18.3 Å². The van der Waals surface area contributed by atoms with Crippen LogP contribution in [0.2, 0.25) is 0 Å². The molecule has 1 rings (SSSR count). The van der Waals surface area contributed by atoms with E-state index in [0.29, 0.717) is 0 Å². The molecule has 0 aromatic rings. The van der Waals surface area contributed by atoms with Crippen molar-refractivity contribution in [3.05, 3.63) is 0 Å². The summed E-state index contributed by atoms with van der Waals surface area (Å²) in [5.41, 5.74) is 0. The molecule has 1 heterocycles. The SMILES string of the molecule is FC1=NC(F)(F)C(F)(F)OC1(F)F. The lowest BCUT2D eigenvalue weighted by Crippen LogP contribution is -2.53. The summed E-state index contributed by atoms with van der Waals surface area (Å²) in [5.74, 6) is -2.98. The molecule has 1 aliphatic heterocycles. The van der Waals surface area contributed by atoms with E-state index in [9.17, 15) is 30.7 Å². The van der Waals surface area contributed by atoms with E-state index >= 15 is 0 Å². The lowest BCUT2D eigenvalue weighted by atomic mass is 10.4. The van der Waals surface area contributed by atoms with Crippen LogP contribution in [0, 0.1) is 0 Å². The standard InChI is InChI=1S/C4F7NO/c5-1-2(6,7)13-4(10,11)3(8,9)12-1. The van der Waals surface area contributed by atoms with Crippen LogP contribution in [0.25, 0.3) is 0 Å². The van der Waals surface area contributed by atoms with Gasteiger partial charge in [-0.15, -0.1) is 0 Å². The third kappa shape index (κ3) is 1.47. The van der Waals surface area contributed by atoms with Crippen molar-refractivity contribution < 1.29 is 35.5 Å². The number of ether oxygens (including phenoxy) is 1. The topological polar surface area (TPSA) is 21.6 Å². The van der Waals surface area contributed by atoms with Gasteiger partial charge in [0.05, 0.1) is 0 Å². The summed E-state index contributed by atoms with van der Waals surface area (Å²) in [4.78, 5) is 1.21. The van der Waals surface area contributed by atoms with Crippen LogP contribution in [0.3, 0.4) is 0 Å². The van der Waals surface area contributed by atoms with E-state index in [-0.39, 0.29) is 0 Å². The molecule has 0 fully saturated rings. The number of nitrogens with zero attached hydrogens (tertiary/aromatic N) is 1. The molecule has 0 saturated heterocycles. The van der Waals surface area contributed by atoms with E-state index in [1.165, 1.54) is 4.99 Å². The van der Waals surface area contributed by atoms with E-state index in [1.54, 1.807) is 0 Å². The average Bonchev–Trinajstić information content (AvgIpc) is 1.80. The van der Waals surface area contributed by atoms with Gasteiger partial charge < -0.3 is 0 Å². The maximum atomic E-state index is 11.9. The highest BCUT2D eigenvalue weighted by molar-refractivity contribution is 5.81. The third-order valence-corrected chi connectivity index (χ3v) is 1.09. The van der Waals surface area contributed by atoms with Crippen molar-refractivity contribution in [2.45, 2.75) is 18.3 Å². The normalized spacial score (nSPS) is 29.6. The van der Waals surface area contributed by atoms with Crippen LogP contribution >= 0.6 is 0 Å². The molecular formula is C4F7NO. The third-order valence-electron chi connectivity index (χ3n) is 1.09. The average molecular weight is 211 g/mol. The van der Waals surface area contributed by atoms with Crippen LogP contribution in [0.5, 0.6) is 0 Å². The van der Waals surface area contributed by atoms with Crippen molar-refractivity contribution in [1.82, 2.24) is 0 Å². The molecule has 0 radical (unpaired) electrons. The maximum Gasteiger partial charge on any atom is 0.447 e. The minimum absolute atomic E-state index is 1.21. The summed E-state index contributed by atoms with van der Waals surface area (Å²) in [5, 5.41) is 0. The van der Waals surface area contributed by atoms with Crippen LogP contribution in [-0.4, -0.2) is 24.2 Å². The predicted molar refractivity (Wildman–Crippen MR) is 24.5 cm³/mol. The molecule has 0 saturated carbocycles. The van der Waals surface area contributed by atoms with Gasteiger partial charge in [0.25, 0.3) is 5.97 Å². The van der Waals surface area contributed by atoms with Crippen LogP contribution < -0.4 is 0 Å². The van der Waals surface area contributed by atoms with E-state index in [2.05, 4.69) is 4.74 Å². The molecule has 0 unspecified atom stereocenters. The Morgan fingerprint density at radius 2 is 1.46 bits per heavy atom. The second-order valence-electron chi connectivity index (χ2n) is 2.08. The molecule has 2 nitrogen and oxygen atoms in total. The van der Waals surface area contributed by atoms with Crippen molar-refractivity contribution in [3.8, 4) is 0 Å². The maximum absolute atomic E-state index is 11.9. The lowest BCUT2D eigenvalue weighted by Gasteiger charge is -2.30. The summed E-state index contributed by atoms with van der Waals surface area (Å²) in [6.45, 7) is 0. The summed E-state index contributed by atoms with van der Waals surface area (Å²) < 4.78 is 85.7. The van der Waals surface area contributed by atoms with E-state index in [0.717, 1.165) is 0 Å². The predicted octanol–water partition coefficient (Wildman–Crippen LogP) is 2.16. The number of hydrogen-bond donors (Lipinski definition) is 0. The summed E-state index contributed by atoms with van der Waals surface area (Å²) >= 11 is 0. The molecule has 0 spiro atoms. The first-order valence-electron chi connectivity index (χ1n) is 2.68. The number of alkyl halides is 6. The molecule has 0 atom stereocenters. The Morgan fingerprint density at radius 3 is 1.85 bits per heavy atom. The van der Waals surface area contributed by atoms with Crippen molar-refractivity contribution >= 4 is 5.97 Å². The zero-order valence-corrected chi connectivity index (χ0v) is 5.50. The molecule has 9 heteroatoms. The molecule has 0 aromatic carbocycles. The molecule has 13 heavy (non-hydrogen) atoms. The van der Waals surface area contributed by atoms with Crippen molar-refractivity contribution in [2.75, 3.05) is 0 Å². The zero-order valence-electron chi connectivity index (χ0n) is 5.50. The van der Waals surface area contributed by atoms with Gasteiger partial charge in [0.2, 0.25) is 0 Å². The van der Waals surface area contributed by atoms with Crippen LogP contribution in [0.1, 0.15) is 0 Å². The zero-order chi connectivity index (χ0) is 10.5. The number of rotatable bonds is 0. The van der Waals surface area contributed by atoms with Gasteiger partial charge in [-0.1, -0.05) is 0 Å². The van der Waals surface area contributed by atoms with E-state index in [4.69, 9.17) is 0 Å². The molecule has 0 bridgehead atoms. The minimum atomic E-state index is -5.52. The van der Waals surface area contributed by atoms with Gasteiger partial charge in [-0.3, -0.25) is 0 Å². The molecule has 1 aliphatic rings. The Labute approximate surface area is 66.0 Å². The van der Waals surface area contributed by atoms with E-state index < -0.39 is 24.2 Å². The monoisotopic (exact) mass is 211 g/mol. The second kappa shape index (κ2) is 2.34. The summed E-state index contributed by atoms with van der Waals surface area (Å²) in [6.07, 6.45) is -10.6. The molecule has 0 aromatic heterocycles. The summed E-state index contributed by atoms with van der Waals surface area (Å²) in [6, 6.07) is -5.32. The Kier molecular flexibility index (Phi) is 1.84. The van der Waals surface area contributed by atoms with Gasteiger partial charge in [0, 0.05) is 0 Å². The molecular weight excluding hydrogens is 211 g/mol. The first-order valence-corrected chi connectivity index (χ1v) is 2.68. The highest BCUT2D eigenvalue weighted by Gasteiger charge is 2.69. The van der Waals surface area contributed by atoms with Gasteiger partial charge in [-0.05, 0) is 0 Å². The van der Waals surface area contributed by atoms with E-state index in [1.807, 2.05) is 0 Å². The fourth-order valence-electron chi connectivity index (χ4n) is 0.518. The number of aliphatic imine (C=N–C) groups is 1. The number of hydrogen-bond acceptors (Lipinski definition) is 2. The molecule has 0 amide bonds. The Bertz CT molecular complexity index is 259. The fourth-order valence-corrected chi connectivity index (χ4v) is 0.518. The van der Waals surface area contributed by atoms with Crippen LogP contribution in [0.4, 0.5) is 30.7 Å². The number of halogens is 7. The minimum Gasteiger partial charge on any atom is -0.241 e. The fraction of sp³-hybridized carbons (Fsp3) is 0.750.